The fraction of sp³-hybridized carbons (Fsp3) is 0.513. The number of hydrogen-bond donors (Lipinski definition) is 4. The van der Waals surface area contributed by atoms with Gasteiger partial charge < -0.3 is 26.2 Å². The van der Waals surface area contributed by atoms with Crippen LogP contribution in [0.15, 0.2) is 52.7 Å². The standard InChI is InChI=1S/C38H46F3N9O2S.CO2/c1-23-12-13-27-25(18-23)21-28-33(27)35(46-31(44-28)20-24-8-5-9-26(19-24)37(48-49-37)38(39,40)41)43-15-7-17-50(2)16-6-14-42-32(51)11-4-3-10-30-34-29(22-53-30)45-36(52)47-34;2-1-3/h5,8-9,12-13,18-19,29-30,34H,3-4,6-7,10-11,14-17,20-22H2,1-2H3,(H,42,51)(H,43,44,46)(H2,45,47,52);. The normalized spacial score (nSPS) is 19.5. The predicted octanol–water partition coefficient (Wildman–Crippen LogP) is 5.51. The van der Waals surface area contributed by atoms with Crippen molar-refractivity contribution < 1.29 is 32.3 Å². The number of fused-ring (bicyclic) bond motifs is 4. The van der Waals surface area contributed by atoms with E-state index in [9.17, 15) is 22.8 Å². The smallest absolute Gasteiger partial charge is 0.369 e. The van der Waals surface area contributed by atoms with Crippen LogP contribution in [0.3, 0.4) is 0 Å². The molecule has 298 valence electrons. The van der Waals surface area contributed by atoms with Crippen LogP contribution < -0.4 is 21.3 Å². The summed E-state index contributed by atoms with van der Waals surface area (Å²) in [6, 6.07) is 13.0. The van der Waals surface area contributed by atoms with Crippen molar-refractivity contribution in [2.45, 2.75) is 87.5 Å². The number of aryl methyl sites for hydroxylation is 1. The highest BCUT2D eigenvalue weighted by atomic mass is 32.2. The Labute approximate surface area is 327 Å². The first kappa shape index (κ1) is 40.8. The van der Waals surface area contributed by atoms with Crippen molar-refractivity contribution in [2.24, 2.45) is 10.2 Å². The van der Waals surface area contributed by atoms with E-state index >= 15 is 0 Å². The molecule has 1 aromatic heterocycles. The number of alkyl halides is 3. The van der Waals surface area contributed by atoms with Gasteiger partial charge in [0.15, 0.2) is 0 Å². The number of thioether (sulfide) groups is 1. The number of carbonyl (C=O) groups excluding carboxylic acids is 4. The molecule has 2 saturated heterocycles. The van der Waals surface area contributed by atoms with Crippen LogP contribution in [0.25, 0.3) is 11.1 Å². The van der Waals surface area contributed by atoms with Gasteiger partial charge in [-0.1, -0.05) is 54.4 Å². The molecule has 3 aliphatic heterocycles. The van der Waals surface area contributed by atoms with Crippen LogP contribution in [0.2, 0.25) is 0 Å². The number of carbonyl (C=O) groups is 2. The largest absolute Gasteiger partial charge is 0.442 e. The molecule has 3 amide bonds. The van der Waals surface area contributed by atoms with Crippen LogP contribution in [-0.4, -0.2) is 95.4 Å². The lowest BCUT2D eigenvalue weighted by atomic mass is 9.99. The second-order valence-electron chi connectivity index (χ2n) is 14.6. The second-order valence-corrected chi connectivity index (χ2v) is 15.9. The summed E-state index contributed by atoms with van der Waals surface area (Å²) in [7, 11) is 2.08. The molecule has 0 saturated carbocycles. The van der Waals surface area contributed by atoms with E-state index in [-0.39, 0.29) is 42.2 Å². The van der Waals surface area contributed by atoms with Gasteiger partial charge >= 0.3 is 24.0 Å². The maximum Gasteiger partial charge on any atom is 0.442 e. The average molecular weight is 794 g/mol. The molecular weight excluding hydrogens is 748 g/mol. The molecule has 2 aromatic carbocycles. The molecule has 17 heteroatoms. The highest BCUT2D eigenvalue weighted by Crippen LogP contribution is 2.52. The minimum atomic E-state index is -4.59. The van der Waals surface area contributed by atoms with Crippen molar-refractivity contribution in [3.63, 3.8) is 0 Å². The van der Waals surface area contributed by atoms with Gasteiger partial charge in [0.1, 0.15) is 11.6 Å². The van der Waals surface area contributed by atoms with Crippen LogP contribution in [0.4, 0.5) is 23.8 Å². The number of anilines is 1. The van der Waals surface area contributed by atoms with Crippen LogP contribution in [0.5, 0.6) is 0 Å². The monoisotopic (exact) mass is 793 g/mol. The summed E-state index contributed by atoms with van der Waals surface area (Å²) in [5, 5.41) is 19.7. The number of nitrogens with one attached hydrogen (secondary N) is 4. The zero-order valence-electron chi connectivity index (χ0n) is 31.4. The summed E-state index contributed by atoms with van der Waals surface area (Å²) < 4.78 is 41.0. The zero-order chi connectivity index (χ0) is 39.9. The van der Waals surface area contributed by atoms with Crippen LogP contribution in [-0.2, 0) is 32.9 Å². The number of amides is 3. The maximum atomic E-state index is 13.7. The SMILES string of the molecule is Cc1ccc2c(c1)Cc1nc(Cc3cccc(C4(C(F)(F)F)N=N4)c3)nc(NCCCN(C)CCCNC(=O)CCCCC3SCC4NC(=O)NC43)c1-2.O=C=O. The number of halogens is 3. The molecule has 4 aliphatic rings. The van der Waals surface area contributed by atoms with E-state index in [4.69, 9.17) is 19.6 Å². The van der Waals surface area contributed by atoms with Gasteiger partial charge in [0.2, 0.25) is 5.91 Å². The van der Waals surface area contributed by atoms with Crippen molar-refractivity contribution in [2.75, 3.05) is 44.3 Å². The Bertz CT molecular complexity index is 1970. The van der Waals surface area contributed by atoms with Crippen molar-refractivity contribution in [3.8, 4) is 11.1 Å². The number of benzene rings is 2. The lowest BCUT2D eigenvalue weighted by Crippen LogP contribution is -2.36. The predicted molar refractivity (Wildman–Crippen MR) is 204 cm³/mol. The lowest BCUT2D eigenvalue weighted by Gasteiger charge is -2.18. The maximum absolute atomic E-state index is 13.7. The van der Waals surface area contributed by atoms with Gasteiger partial charge in [-0.05, 0) is 69.4 Å². The Balaban J connectivity index is 0.00000172. The van der Waals surface area contributed by atoms with E-state index in [1.54, 1.807) is 12.1 Å². The van der Waals surface area contributed by atoms with Gasteiger partial charge in [0.25, 0.3) is 0 Å². The molecule has 3 unspecified atom stereocenters. The molecule has 56 heavy (non-hydrogen) atoms. The van der Waals surface area contributed by atoms with Gasteiger partial charge in [-0.2, -0.15) is 34.5 Å². The second kappa shape index (κ2) is 17.9. The lowest BCUT2D eigenvalue weighted by molar-refractivity contribution is -0.191. The molecule has 7 rings (SSSR count). The van der Waals surface area contributed by atoms with E-state index in [2.05, 4.69) is 68.6 Å². The third-order valence-corrected chi connectivity index (χ3v) is 11.9. The first-order valence-corrected chi connectivity index (χ1v) is 19.9. The van der Waals surface area contributed by atoms with Gasteiger partial charge in [0, 0.05) is 54.5 Å². The van der Waals surface area contributed by atoms with Gasteiger partial charge in [0.05, 0.1) is 17.8 Å². The quantitative estimate of drug-likeness (QED) is 0.0796. The Hall–Kier alpha value is -4.86. The van der Waals surface area contributed by atoms with E-state index in [1.807, 2.05) is 11.8 Å². The minimum absolute atomic E-state index is 0.000366. The topological polar surface area (TPSA) is 170 Å². The Morgan fingerprint density at radius 1 is 1.04 bits per heavy atom. The van der Waals surface area contributed by atoms with Gasteiger partial charge in [-0.15, -0.1) is 10.2 Å². The van der Waals surface area contributed by atoms with E-state index in [0.717, 1.165) is 73.6 Å². The minimum Gasteiger partial charge on any atom is -0.369 e. The third kappa shape index (κ3) is 9.74. The average Bonchev–Trinajstić information content (AvgIpc) is 3.64. The van der Waals surface area contributed by atoms with Gasteiger partial charge in [-0.25, -0.2) is 14.8 Å². The molecule has 0 bridgehead atoms. The van der Waals surface area contributed by atoms with Gasteiger partial charge in [-0.3, -0.25) is 4.79 Å². The molecular formula is C39H46F3N9O4S. The summed E-state index contributed by atoms with van der Waals surface area (Å²) >= 11 is 1.90. The number of urea groups is 1. The van der Waals surface area contributed by atoms with Crippen LogP contribution in [0, 0.1) is 6.92 Å². The Morgan fingerprint density at radius 2 is 1.80 bits per heavy atom. The van der Waals surface area contributed by atoms with Crippen LogP contribution >= 0.6 is 11.8 Å². The number of aromatic nitrogens is 2. The molecule has 1 aliphatic carbocycles. The summed E-state index contributed by atoms with van der Waals surface area (Å²) in [5.74, 6) is 2.32. The summed E-state index contributed by atoms with van der Waals surface area (Å²) in [5.41, 5.74) is 3.55. The molecule has 2 fully saturated rings. The third-order valence-electron chi connectivity index (χ3n) is 10.4. The molecule has 3 atom stereocenters. The first-order chi connectivity index (χ1) is 26.9. The number of rotatable bonds is 17. The summed E-state index contributed by atoms with van der Waals surface area (Å²) in [6.45, 7) is 5.10. The molecule has 3 aromatic rings. The van der Waals surface area contributed by atoms with Crippen molar-refractivity contribution in [1.29, 1.82) is 0 Å². The number of hydrogen-bond acceptors (Lipinski definition) is 11. The highest BCUT2D eigenvalue weighted by molar-refractivity contribution is 8.00. The zero-order valence-corrected chi connectivity index (χ0v) is 32.2. The highest BCUT2D eigenvalue weighted by Gasteiger charge is 2.65. The molecule has 13 nitrogen and oxygen atoms in total. The number of nitrogens with zero attached hydrogens (tertiary/aromatic N) is 5. The first-order valence-electron chi connectivity index (χ1n) is 18.9. The van der Waals surface area contributed by atoms with Crippen molar-refractivity contribution in [1.82, 2.24) is 30.8 Å². The van der Waals surface area contributed by atoms with Crippen molar-refractivity contribution in [3.05, 3.63) is 76.2 Å². The van der Waals surface area contributed by atoms with E-state index in [1.165, 1.54) is 23.3 Å². The van der Waals surface area contributed by atoms with Crippen LogP contribution in [0.1, 0.15) is 72.3 Å². The van der Waals surface area contributed by atoms with E-state index in [0.29, 0.717) is 42.6 Å². The Kier molecular flexibility index (Phi) is 13.1. The fourth-order valence-corrected chi connectivity index (χ4v) is 9.14. The van der Waals surface area contributed by atoms with E-state index < -0.39 is 11.8 Å². The van der Waals surface area contributed by atoms with Crippen molar-refractivity contribution >= 4 is 35.7 Å². The Morgan fingerprint density at radius 3 is 2.55 bits per heavy atom. The summed E-state index contributed by atoms with van der Waals surface area (Å²) in [6.07, 6.45) is 1.68. The summed E-state index contributed by atoms with van der Waals surface area (Å²) in [4.78, 5) is 52.3. The number of unbranched alkanes of at least 4 members (excludes halogenated alkanes) is 1. The molecule has 4 N–H and O–H groups in total. The molecule has 4 heterocycles. The fourth-order valence-electron chi connectivity index (χ4n) is 7.60. The molecule has 0 spiro atoms. The molecule has 0 radical (unpaired) electrons.